The molecule has 0 unspecified atom stereocenters. The van der Waals surface area contributed by atoms with Crippen molar-refractivity contribution in [1.82, 2.24) is 0 Å². The highest BCUT2D eigenvalue weighted by molar-refractivity contribution is 6.31. The maximum Gasteiger partial charge on any atom is 0.0444 e. The highest BCUT2D eigenvalue weighted by Crippen LogP contribution is 2.28. The van der Waals surface area contributed by atoms with Crippen molar-refractivity contribution in [3.05, 3.63) is 46.0 Å². The van der Waals surface area contributed by atoms with Gasteiger partial charge < -0.3 is 0 Å². The Balaban J connectivity index is 2.25. The highest BCUT2D eigenvalue weighted by Gasteiger charge is 2.12. The molecule has 74 valence electrons. The van der Waals surface area contributed by atoms with Gasteiger partial charge in [0.15, 0.2) is 0 Å². The van der Waals surface area contributed by atoms with Crippen molar-refractivity contribution in [1.29, 1.82) is 0 Å². The number of hydrogen-bond acceptors (Lipinski definition) is 0. The quantitative estimate of drug-likeness (QED) is 0.638. The number of halogens is 1. The summed E-state index contributed by atoms with van der Waals surface area (Å²) < 4.78 is 0. The number of fused-ring (bicyclic) bond motifs is 1. The minimum Gasteiger partial charge on any atom is -0.0840 e. The van der Waals surface area contributed by atoms with Gasteiger partial charge in [0.2, 0.25) is 0 Å². The van der Waals surface area contributed by atoms with Gasteiger partial charge in [-0.3, -0.25) is 0 Å². The number of benzene rings is 1. The molecule has 0 bridgehead atoms. The smallest absolute Gasteiger partial charge is 0.0444 e. The molecule has 0 N–H and O–H groups in total. The van der Waals surface area contributed by atoms with Gasteiger partial charge in [0.05, 0.1) is 0 Å². The first kappa shape index (κ1) is 9.79. The predicted molar refractivity (Wildman–Crippen MR) is 61.9 cm³/mol. The zero-order valence-corrected chi connectivity index (χ0v) is 9.27. The average molecular weight is 207 g/mol. The van der Waals surface area contributed by atoms with E-state index >= 15 is 0 Å². The van der Waals surface area contributed by atoms with Gasteiger partial charge in [-0.05, 0) is 36.5 Å². The van der Waals surface area contributed by atoms with Gasteiger partial charge in [-0.2, -0.15) is 0 Å². The summed E-state index contributed by atoms with van der Waals surface area (Å²) in [5.74, 6) is 0. The molecule has 0 spiro atoms. The van der Waals surface area contributed by atoms with Gasteiger partial charge in [0.1, 0.15) is 0 Å². The van der Waals surface area contributed by atoms with Gasteiger partial charge in [-0.25, -0.2) is 0 Å². The first-order valence-corrected chi connectivity index (χ1v) is 5.63. The number of allylic oxidation sites excluding steroid dienone is 2. The minimum absolute atomic E-state index is 0.925. The van der Waals surface area contributed by atoms with Gasteiger partial charge in [-0.15, -0.1) is 0 Å². The van der Waals surface area contributed by atoms with E-state index in [1.54, 1.807) is 5.57 Å². The van der Waals surface area contributed by atoms with Crippen LogP contribution in [0.15, 0.2) is 29.8 Å². The second kappa shape index (κ2) is 4.18. The van der Waals surface area contributed by atoms with E-state index in [-0.39, 0.29) is 0 Å². The van der Waals surface area contributed by atoms with E-state index < -0.39 is 0 Å². The molecule has 0 saturated heterocycles. The lowest BCUT2D eigenvalue weighted by Gasteiger charge is -2.17. The maximum absolute atomic E-state index is 6.14. The maximum atomic E-state index is 6.14. The van der Waals surface area contributed by atoms with Crippen LogP contribution in [0.25, 0.3) is 0 Å². The average Bonchev–Trinajstić information content (AvgIpc) is 2.18. The van der Waals surface area contributed by atoms with Crippen molar-refractivity contribution in [2.75, 3.05) is 0 Å². The Morgan fingerprint density at radius 1 is 1.36 bits per heavy atom. The van der Waals surface area contributed by atoms with Crippen molar-refractivity contribution in [3.63, 3.8) is 0 Å². The molecule has 2 rings (SSSR count). The topological polar surface area (TPSA) is 0 Å². The second-order valence-corrected chi connectivity index (χ2v) is 4.28. The first-order valence-electron chi connectivity index (χ1n) is 5.25. The predicted octanol–water partition coefficient (Wildman–Crippen LogP) is 4.17. The molecular weight excluding hydrogens is 192 g/mol. The van der Waals surface area contributed by atoms with E-state index in [9.17, 15) is 0 Å². The summed E-state index contributed by atoms with van der Waals surface area (Å²) in [6.45, 7) is 2.23. The Kier molecular flexibility index (Phi) is 2.93. The monoisotopic (exact) mass is 206 g/mol. The van der Waals surface area contributed by atoms with Crippen LogP contribution in [-0.4, -0.2) is 0 Å². The number of hydrogen-bond donors (Lipinski definition) is 0. The summed E-state index contributed by atoms with van der Waals surface area (Å²) in [6, 6.07) is 6.24. The van der Waals surface area contributed by atoms with E-state index in [1.165, 1.54) is 24.0 Å². The number of rotatable bonds is 2. The van der Waals surface area contributed by atoms with Crippen LogP contribution in [0.2, 0.25) is 5.02 Å². The Labute approximate surface area is 90.6 Å². The molecule has 1 aromatic rings. The molecule has 0 amide bonds. The van der Waals surface area contributed by atoms with Crippen LogP contribution >= 0.6 is 11.6 Å². The third-order valence-electron chi connectivity index (χ3n) is 2.80. The molecule has 14 heavy (non-hydrogen) atoms. The summed E-state index contributed by atoms with van der Waals surface area (Å²) in [5, 5.41) is 0.925. The SMILES string of the molecule is CCCC1=CCc2c(Cl)cccc2C1. The van der Waals surface area contributed by atoms with Crippen molar-refractivity contribution >= 4 is 11.6 Å². The fourth-order valence-electron chi connectivity index (χ4n) is 2.07. The molecular formula is C13H15Cl. The van der Waals surface area contributed by atoms with Crippen LogP contribution in [0.1, 0.15) is 30.9 Å². The zero-order chi connectivity index (χ0) is 9.97. The van der Waals surface area contributed by atoms with Gasteiger partial charge >= 0.3 is 0 Å². The van der Waals surface area contributed by atoms with Gasteiger partial charge in [-0.1, -0.05) is 48.7 Å². The molecule has 1 aromatic carbocycles. The molecule has 0 atom stereocenters. The molecule has 0 aromatic heterocycles. The van der Waals surface area contributed by atoms with Crippen LogP contribution in [0.5, 0.6) is 0 Å². The molecule has 0 nitrogen and oxygen atoms in total. The standard InChI is InChI=1S/C13H15Cl/c1-2-4-10-7-8-12-11(9-10)5-3-6-13(12)14/h3,5-7H,2,4,8-9H2,1H3. The Morgan fingerprint density at radius 2 is 2.21 bits per heavy atom. The first-order chi connectivity index (χ1) is 6.81. The summed E-state index contributed by atoms with van der Waals surface area (Å²) in [5.41, 5.74) is 4.32. The van der Waals surface area contributed by atoms with Gasteiger partial charge in [0, 0.05) is 5.02 Å². The van der Waals surface area contributed by atoms with Crippen molar-refractivity contribution in [2.45, 2.75) is 32.6 Å². The highest BCUT2D eigenvalue weighted by atomic mass is 35.5. The summed E-state index contributed by atoms with van der Waals surface area (Å²) in [4.78, 5) is 0. The van der Waals surface area contributed by atoms with Crippen LogP contribution in [0, 0.1) is 0 Å². The van der Waals surface area contributed by atoms with Crippen LogP contribution in [-0.2, 0) is 12.8 Å². The third-order valence-corrected chi connectivity index (χ3v) is 3.15. The Morgan fingerprint density at radius 3 is 3.00 bits per heavy atom. The van der Waals surface area contributed by atoms with Crippen LogP contribution in [0.3, 0.4) is 0 Å². The lowest BCUT2D eigenvalue weighted by molar-refractivity contribution is 0.844. The molecule has 0 heterocycles. The van der Waals surface area contributed by atoms with E-state index in [2.05, 4.69) is 25.1 Å². The molecule has 0 saturated carbocycles. The zero-order valence-electron chi connectivity index (χ0n) is 8.52. The van der Waals surface area contributed by atoms with E-state index in [1.807, 2.05) is 6.07 Å². The summed E-state index contributed by atoms with van der Waals surface area (Å²) in [6.07, 6.45) is 6.93. The Hall–Kier alpha value is -0.750. The fourth-order valence-corrected chi connectivity index (χ4v) is 2.34. The van der Waals surface area contributed by atoms with E-state index in [0.29, 0.717) is 0 Å². The van der Waals surface area contributed by atoms with Crippen LogP contribution < -0.4 is 0 Å². The molecule has 0 aliphatic heterocycles. The molecule has 1 heteroatoms. The lowest BCUT2D eigenvalue weighted by atomic mass is 9.90. The van der Waals surface area contributed by atoms with Gasteiger partial charge in [0.25, 0.3) is 0 Å². The van der Waals surface area contributed by atoms with Crippen molar-refractivity contribution in [3.8, 4) is 0 Å². The molecule has 1 aliphatic rings. The Bertz CT molecular complexity index is 363. The largest absolute Gasteiger partial charge is 0.0840 e. The molecule has 1 aliphatic carbocycles. The van der Waals surface area contributed by atoms with Crippen molar-refractivity contribution in [2.24, 2.45) is 0 Å². The third kappa shape index (κ3) is 1.85. The minimum atomic E-state index is 0.925. The summed E-state index contributed by atoms with van der Waals surface area (Å²) in [7, 11) is 0. The lowest BCUT2D eigenvalue weighted by Crippen LogP contribution is -2.03. The summed E-state index contributed by atoms with van der Waals surface area (Å²) >= 11 is 6.14. The van der Waals surface area contributed by atoms with Crippen molar-refractivity contribution < 1.29 is 0 Å². The van der Waals surface area contributed by atoms with E-state index in [4.69, 9.17) is 11.6 Å². The fraction of sp³-hybridized carbons (Fsp3) is 0.385. The molecule has 0 fully saturated rings. The second-order valence-electron chi connectivity index (χ2n) is 3.87. The van der Waals surface area contributed by atoms with Crippen LogP contribution in [0.4, 0.5) is 0 Å². The normalized spacial score (nSPS) is 14.9. The molecule has 0 radical (unpaired) electrons. The van der Waals surface area contributed by atoms with E-state index in [0.717, 1.165) is 17.9 Å².